The van der Waals surface area contributed by atoms with Crippen LogP contribution in [0, 0.1) is 5.92 Å². The first-order valence-electron chi connectivity index (χ1n) is 9.31. The Morgan fingerprint density at radius 1 is 1.03 bits per heavy atom. The highest BCUT2D eigenvalue weighted by molar-refractivity contribution is 5.98. The molecule has 2 amide bonds. The van der Waals surface area contributed by atoms with E-state index in [9.17, 15) is 28.0 Å². The highest BCUT2D eigenvalue weighted by Crippen LogP contribution is 2.29. The molecule has 2 aromatic carbocycles. The van der Waals surface area contributed by atoms with E-state index in [0.717, 1.165) is 0 Å². The molecule has 2 atom stereocenters. The number of rotatable bonds is 10. The Bertz CT molecular complexity index is 920. The second-order valence-corrected chi connectivity index (χ2v) is 6.81. The Morgan fingerprint density at radius 2 is 1.55 bits per heavy atom. The van der Waals surface area contributed by atoms with Gasteiger partial charge in [-0.3, -0.25) is 14.4 Å². The van der Waals surface area contributed by atoms with Crippen molar-refractivity contribution in [2.75, 3.05) is 0 Å². The molecule has 0 aromatic heterocycles. The SMILES string of the molecule is CC(C(=O)O)C(F)(F)C(=O)C(Cc1ccccc1)N(C=O)C(=O)OCc1ccccc1. The average Bonchev–Trinajstić information content (AvgIpc) is 2.77. The number of alkyl halides is 2. The van der Waals surface area contributed by atoms with Crippen molar-refractivity contribution in [3.05, 3.63) is 71.8 Å². The van der Waals surface area contributed by atoms with Gasteiger partial charge >= 0.3 is 18.0 Å². The van der Waals surface area contributed by atoms with Crippen molar-refractivity contribution >= 4 is 24.3 Å². The number of carbonyl (C=O) groups is 4. The molecule has 2 rings (SSSR count). The van der Waals surface area contributed by atoms with Crippen LogP contribution in [-0.4, -0.2) is 46.2 Å². The van der Waals surface area contributed by atoms with Crippen molar-refractivity contribution < 1.29 is 37.8 Å². The number of carboxylic acid groups (broad SMARTS) is 1. The van der Waals surface area contributed by atoms with Gasteiger partial charge in [0.05, 0.1) is 0 Å². The number of aliphatic carboxylic acids is 1. The van der Waals surface area contributed by atoms with Crippen molar-refractivity contribution in [2.45, 2.75) is 31.9 Å². The standard InChI is InChI=1S/C22H21F2NO6/c1-15(20(28)29)22(23,24)19(27)18(12-16-8-4-2-5-9-16)25(14-26)21(30)31-13-17-10-6-3-7-11-17/h2-11,14-15,18H,12-13H2,1H3,(H,28,29). The number of amides is 2. The first-order chi connectivity index (χ1) is 14.7. The molecule has 0 fully saturated rings. The van der Waals surface area contributed by atoms with Gasteiger partial charge in [0.15, 0.2) is 0 Å². The van der Waals surface area contributed by atoms with Gasteiger partial charge in [-0.15, -0.1) is 0 Å². The maximum Gasteiger partial charge on any atom is 0.417 e. The summed E-state index contributed by atoms with van der Waals surface area (Å²) in [7, 11) is 0. The minimum atomic E-state index is -4.33. The zero-order chi connectivity index (χ0) is 23.0. The van der Waals surface area contributed by atoms with Crippen LogP contribution in [0.4, 0.5) is 13.6 Å². The van der Waals surface area contributed by atoms with E-state index >= 15 is 0 Å². The first-order valence-corrected chi connectivity index (χ1v) is 9.31. The monoisotopic (exact) mass is 433 g/mol. The Labute approximate surface area is 177 Å². The molecular weight excluding hydrogens is 412 g/mol. The van der Waals surface area contributed by atoms with Gasteiger partial charge in [-0.2, -0.15) is 8.78 Å². The molecule has 164 valence electrons. The molecule has 0 aliphatic carbocycles. The number of ether oxygens (including phenoxy) is 1. The van der Waals surface area contributed by atoms with Crippen molar-refractivity contribution in [3.63, 3.8) is 0 Å². The number of Topliss-reactive ketones (excluding diaryl/α,β-unsaturated/α-hetero) is 1. The lowest BCUT2D eigenvalue weighted by atomic mass is 9.91. The van der Waals surface area contributed by atoms with Crippen LogP contribution in [0.25, 0.3) is 0 Å². The van der Waals surface area contributed by atoms with Crippen LogP contribution in [0.5, 0.6) is 0 Å². The number of carboxylic acids is 1. The Hall–Kier alpha value is -3.62. The molecule has 0 saturated heterocycles. The molecule has 0 aliphatic heterocycles. The van der Waals surface area contributed by atoms with Crippen molar-refractivity contribution in [1.29, 1.82) is 0 Å². The lowest BCUT2D eigenvalue weighted by molar-refractivity contribution is -0.169. The fourth-order valence-corrected chi connectivity index (χ4v) is 2.78. The maximum atomic E-state index is 14.6. The summed E-state index contributed by atoms with van der Waals surface area (Å²) in [5.41, 5.74) is 0.972. The summed E-state index contributed by atoms with van der Waals surface area (Å²) in [6.07, 6.45) is -1.80. The second kappa shape index (κ2) is 10.4. The summed E-state index contributed by atoms with van der Waals surface area (Å²) in [6, 6.07) is 14.3. The lowest BCUT2D eigenvalue weighted by Crippen LogP contribution is -2.54. The smallest absolute Gasteiger partial charge is 0.417 e. The van der Waals surface area contributed by atoms with Crippen molar-refractivity contribution in [2.24, 2.45) is 5.92 Å². The average molecular weight is 433 g/mol. The molecule has 1 N–H and O–H groups in total. The third kappa shape index (κ3) is 5.94. The van der Waals surface area contributed by atoms with Gasteiger partial charge in [0.2, 0.25) is 12.2 Å². The van der Waals surface area contributed by atoms with Gasteiger partial charge in [0, 0.05) is 6.42 Å². The van der Waals surface area contributed by atoms with Gasteiger partial charge < -0.3 is 9.84 Å². The number of ketones is 1. The fourth-order valence-electron chi connectivity index (χ4n) is 2.78. The van der Waals surface area contributed by atoms with Gasteiger partial charge in [0.25, 0.3) is 0 Å². The van der Waals surface area contributed by atoms with Crippen LogP contribution in [0.1, 0.15) is 18.1 Å². The number of nitrogens with zero attached hydrogens (tertiary/aromatic N) is 1. The van der Waals surface area contributed by atoms with E-state index in [1.54, 1.807) is 48.5 Å². The molecule has 7 nitrogen and oxygen atoms in total. The van der Waals surface area contributed by atoms with Crippen LogP contribution in [0.2, 0.25) is 0 Å². The number of halogens is 2. The molecule has 0 saturated carbocycles. The normalized spacial score (nSPS) is 13.0. The van der Waals surface area contributed by atoms with Crippen LogP contribution >= 0.6 is 0 Å². The van der Waals surface area contributed by atoms with E-state index in [1.807, 2.05) is 0 Å². The van der Waals surface area contributed by atoms with E-state index in [0.29, 0.717) is 18.1 Å². The minimum absolute atomic E-state index is 0.0691. The zero-order valence-corrected chi connectivity index (χ0v) is 16.6. The highest BCUT2D eigenvalue weighted by Gasteiger charge is 2.53. The van der Waals surface area contributed by atoms with E-state index in [2.05, 4.69) is 0 Å². The number of carbonyl (C=O) groups excluding carboxylic acids is 3. The molecule has 0 heterocycles. The summed E-state index contributed by atoms with van der Waals surface area (Å²) in [5.74, 6) is -10.4. The van der Waals surface area contributed by atoms with Crippen molar-refractivity contribution in [1.82, 2.24) is 4.90 Å². The van der Waals surface area contributed by atoms with Crippen LogP contribution in [0.3, 0.4) is 0 Å². The van der Waals surface area contributed by atoms with Gasteiger partial charge in [-0.1, -0.05) is 60.7 Å². The molecule has 0 radical (unpaired) electrons. The summed E-state index contributed by atoms with van der Waals surface area (Å²) in [6.45, 7) is 0.428. The summed E-state index contributed by atoms with van der Waals surface area (Å²) < 4.78 is 34.2. The second-order valence-electron chi connectivity index (χ2n) is 6.81. The van der Waals surface area contributed by atoms with Gasteiger partial charge in [-0.25, -0.2) is 9.69 Å². The largest absolute Gasteiger partial charge is 0.481 e. The zero-order valence-electron chi connectivity index (χ0n) is 16.6. The topological polar surface area (TPSA) is 101 Å². The molecule has 0 spiro atoms. The molecular formula is C22H21F2NO6. The quantitative estimate of drug-likeness (QED) is 0.577. The molecule has 0 aliphatic rings. The molecule has 0 bridgehead atoms. The summed E-state index contributed by atoms with van der Waals surface area (Å²) in [5, 5.41) is 8.95. The van der Waals surface area contributed by atoms with E-state index < -0.39 is 42.1 Å². The number of hydrogen-bond acceptors (Lipinski definition) is 5. The van der Waals surface area contributed by atoms with E-state index in [4.69, 9.17) is 9.84 Å². The molecule has 2 aromatic rings. The predicted molar refractivity (Wildman–Crippen MR) is 105 cm³/mol. The van der Waals surface area contributed by atoms with E-state index in [-0.39, 0.29) is 17.9 Å². The van der Waals surface area contributed by atoms with Gasteiger partial charge in [0.1, 0.15) is 18.6 Å². The molecule has 31 heavy (non-hydrogen) atoms. The first kappa shape index (κ1) is 23.7. The Morgan fingerprint density at radius 3 is 2.03 bits per heavy atom. The summed E-state index contributed by atoms with van der Waals surface area (Å²) >= 11 is 0. The van der Waals surface area contributed by atoms with Crippen molar-refractivity contribution in [3.8, 4) is 0 Å². The van der Waals surface area contributed by atoms with E-state index in [1.165, 1.54) is 12.1 Å². The van der Waals surface area contributed by atoms with Crippen LogP contribution in [-0.2, 0) is 32.1 Å². The minimum Gasteiger partial charge on any atom is -0.481 e. The third-order valence-electron chi connectivity index (χ3n) is 4.68. The predicted octanol–water partition coefficient (Wildman–Crippen LogP) is 3.32. The van der Waals surface area contributed by atoms with Crippen LogP contribution in [0.15, 0.2) is 60.7 Å². The highest BCUT2D eigenvalue weighted by atomic mass is 19.3. The summed E-state index contributed by atoms with van der Waals surface area (Å²) in [4.78, 5) is 48.1. The molecule has 2 unspecified atom stereocenters. The van der Waals surface area contributed by atoms with Crippen LogP contribution < -0.4 is 0 Å². The number of imide groups is 1. The maximum absolute atomic E-state index is 14.6. The number of hydrogen-bond donors (Lipinski definition) is 1. The Kier molecular flexibility index (Phi) is 7.95. The van der Waals surface area contributed by atoms with Gasteiger partial charge in [-0.05, 0) is 18.1 Å². The Balaban J connectivity index is 2.32. The number of benzene rings is 2. The lowest BCUT2D eigenvalue weighted by Gasteiger charge is -2.29. The third-order valence-corrected chi connectivity index (χ3v) is 4.68. The molecule has 9 heteroatoms. The fraction of sp³-hybridized carbons (Fsp3) is 0.273.